The molecule has 47 heavy (non-hydrogen) atoms. The predicted molar refractivity (Wildman–Crippen MR) is 187 cm³/mol. The van der Waals surface area contributed by atoms with Crippen LogP contribution in [0.1, 0.15) is 0 Å². The maximum absolute atomic E-state index is 6.37. The minimum Gasteiger partial charge on any atom is -0.452 e. The molecule has 0 unspecified atom stereocenters. The van der Waals surface area contributed by atoms with E-state index in [4.69, 9.17) is 19.4 Å². The Bertz CT molecular complexity index is 2540. The van der Waals surface area contributed by atoms with Crippen molar-refractivity contribution >= 4 is 32.8 Å². The number of furan rings is 1. The highest BCUT2D eigenvalue weighted by Crippen LogP contribution is 2.37. The van der Waals surface area contributed by atoms with E-state index < -0.39 is 0 Å². The minimum atomic E-state index is 0.593. The van der Waals surface area contributed by atoms with Gasteiger partial charge in [-0.05, 0) is 28.0 Å². The maximum atomic E-state index is 6.37. The normalized spacial score (nSPS) is 11.4. The zero-order valence-corrected chi connectivity index (χ0v) is 25.1. The summed E-state index contributed by atoms with van der Waals surface area (Å²) in [6, 6.07) is 49.1. The lowest BCUT2D eigenvalue weighted by Gasteiger charge is -2.09. The van der Waals surface area contributed by atoms with Crippen LogP contribution in [0.2, 0.25) is 0 Å². The summed E-state index contributed by atoms with van der Waals surface area (Å²) in [5.74, 6) is 1.83. The van der Waals surface area contributed by atoms with Crippen LogP contribution in [0.4, 0.5) is 0 Å². The van der Waals surface area contributed by atoms with Crippen LogP contribution in [0, 0.1) is 0 Å². The third-order valence-corrected chi connectivity index (χ3v) is 8.48. The Morgan fingerprint density at radius 3 is 1.57 bits per heavy atom. The molecule has 9 aromatic rings. The third kappa shape index (κ3) is 4.80. The molecule has 0 radical (unpaired) electrons. The van der Waals surface area contributed by atoms with E-state index in [9.17, 15) is 0 Å². The summed E-state index contributed by atoms with van der Waals surface area (Å²) in [7, 11) is 0. The van der Waals surface area contributed by atoms with Crippen LogP contribution >= 0.6 is 0 Å². The van der Waals surface area contributed by atoms with E-state index in [1.165, 1.54) is 0 Å². The van der Waals surface area contributed by atoms with Crippen molar-refractivity contribution in [2.75, 3.05) is 0 Å². The minimum absolute atomic E-state index is 0.593. The molecule has 0 saturated heterocycles. The van der Waals surface area contributed by atoms with Gasteiger partial charge in [-0.15, -0.1) is 0 Å². The number of benzene rings is 6. The van der Waals surface area contributed by atoms with Crippen molar-refractivity contribution in [2.24, 2.45) is 0 Å². The fourth-order valence-corrected chi connectivity index (χ4v) is 6.11. The molecule has 0 spiro atoms. The second-order valence-corrected chi connectivity index (χ2v) is 11.4. The summed E-state index contributed by atoms with van der Waals surface area (Å²) in [6.45, 7) is 0. The number of hydrogen-bond donors (Lipinski definition) is 0. The van der Waals surface area contributed by atoms with Gasteiger partial charge in [0.05, 0.1) is 5.39 Å². The fourth-order valence-electron chi connectivity index (χ4n) is 6.11. The molecule has 6 heteroatoms. The van der Waals surface area contributed by atoms with Gasteiger partial charge in [0, 0.05) is 22.3 Å². The molecule has 0 aliphatic rings. The lowest BCUT2D eigenvalue weighted by atomic mass is 10.0. The van der Waals surface area contributed by atoms with E-state index in [1.807, 2.05) is 91.0 Å². The van der Waals surface area contributed by atoms with Gasteiger partial charge in [0.25, 0.3) is 0 Å². The average molecular weight is 604 g/mol. The average Bonchev–Trinajstić information content (AvgIpc) is 3.55. The summed E-state index contributed by atoms with van der Waals surface area (Å²) < 4.78 is 6.37. The zero-order valence-electron chi connectivity index (χ0n) is 25.1. The fraction of sp³-hybridized carbons (Fsp3) is 0. The summed E-state index contributed by atoms with van der Waals surface area (Å²) in [5, 5.41) is 3.26. The number of fused-ring (bicyclic) bond motifs is 5. The lowest BCUT2D eigenvalue weighted by molar-refractivity contribution is 0.667. The smallest absolute Gasteiger partial charge is 0.180 e. The van der Waals surface area contributed by atoms with Crippen LogP contribution in [0.5, 0.6) is 0 Å². The molecule has 6 aromatic carbocycles. The lowest BCUT2D eigenvalue weighted by Crippen LogP contribution is -2.00. The molecule has 6 nitrogen and oxygen atoms in total. The highest BCUT2D eigenvalue weighted by atomic mass is 16.3. The number of nitrogens with zero attached hydrogens (tertiary/aromatic N) is 5. The molecule has 0 fully saturated rings. The van der Waals surface area contributed by atoms with Crippen molar-refractivity contribution in [3.8, 4) is 56.5 Å². The van der Waals surface area contributed by atoms with Crippen molar-refractivity contribution in [3.63, 3.8) is 0 Å². The van der Waals surface area contributed by atoms with Crippen LogP contribution in [-0.4, -0.2) is 24.9 Å². The zero-order chi connectivity index (χ0) is 31.2. The van der Waals surface area contributed by atoms with Gasteiger partial charge in [0.15, 0.2) is 23.1 Å². The van der Waals surface area contributed by atoms with Gasteiger partial charge in [-0.25, -0.2) is 24.9 Å². The Morgan fingerprint density at radius 1 is 0.404 bits per heavy atom. The summed E-state index contributed by atoms with van der Waals surface area (Å²) >= 11 is 0. The molecule has 0 bridgehead atoms. The van der Waals surface area contributed by atoms with Crippen molar-refractivity contribution < 1.29 is 4.42 Å². The second kappa shape index (κ2) is 11.1. The Morgan fingerprint density at radius 2 is 0.915 bits per heavy atom. The molecule has 0 saturated carbocycles. The first kappa shape index (κ1) is 26.8. The van der Waals surface area contributed by atoms with Crippen molar-refractivity contribution in [2.45, 2.75) is 0 Å². The molecule has 0 aliphatic carbocycles. The van der Waals surface area contributed by atoms with Crippen molar-refractivity contribution in [1.29, 1.82) is 0 Å². The molecule has 0 N–H and O–H groups in total. The molecular weight excluding hydrogens is 578 g/mol. The molecule has 0 aliphatic heterocycles. The Kier molecular flexibility index (Phi) is 6.35. The number of rotatable bonds is 5. The van der Waals surface area contributed by atoms with Crippen LogP contribution < -0.4 is 0 Å². The second-order valence-electron chi connectivity index (χ2n) is 11.4. The van der Waals surface area contributed by atoms with Gasteiger partial charge < -0.3 is 4.42 Å². The Labute approximate surface area is 270 Å². The largest absolute Gasteiger partial charge is 0.452 e. The molecular formula is C41H25N5O. The Balaban J connectivity index is 1.12. The third-order valence-electron chi connectivity index (χ3n) is 8.48. The highest BCUT2D eigenvalue weighted by molar-refractivity contribution is 6.18. The molecule has 0 atom stereocenters. The van der Waals surface area contributed by atoms with Crippen LogP contribution in [0.3, 0.4) is 0 Å². The predicted octanol–water partition coefficient (Wildman–Crippen LogP) is 10.0. The summed E-state index contributed by atoms with van der Waals surface area (Å²) in [6.07, 6.45) is 1.61. The van der Waals surface area contributed by atoms with Gasteiger partial charge in [-0.3, -0.25) is 0 Å². The number of aromatic nitrogens is 5. The van der Waals surface area contributed by atoms with Gasteiger partial charge in [0.1, 0.15) is 23.1 Å². The molecule has 220 valence electrons. The molecule has 9 rings (SSSR count). The maximum Gasteiger partial charge on any atom is 0.180 e. The van der Waals surface area contributed by atoms with Crippen molar-refractivity contribution in [3.05, 3.63) is 152 Å². The van der Waals surface area contributed by atoms with Gasteiger partial charge in [0.2, 0.25) is 0 Å². The van der Waals surface area contributed by atoms with Gasteiger partial charge >= 0.3 is 0 Å². The standard InChI is InChI=1S/C41H25N5O/c1-3-9-26(10-4-1)27-15-19-31(20-16-27)40-44-39(30-12-5-2-6-13-30)45-41(46-40)32-21-17-29(18-22-32)36-38-37(43-25-42-36)35-33-14-8-7-11-28(33)23-24-34(35)47-38/h1-25H. The van der Waals surface area contributed by atoms with E-state index in [0.717, 1.165) is 66.3 Å². The quantitative estimate of drug-likeness (QED) is 0.195. The molecule has 3 aromatic heterocycles. The van der Waals surface area contributed by atoms with Crippen LogP contribution in [0.25, 0.3) is 89.4 Å². The molecule has 3 heterocycles. The van der Waals surface area contributed by atoms with E-state index >= 15 is 0 Å². The van der Waals surface area contributed by atoms with Crippen LogP contribution in [-0.2, 0) is 0 Å². The highest BCUT2D eigenvalue weighted by Gasteiger charge is 2.18. The van der Waals surface area contributed by atoms with Crippen molar-refractivity contribution in [1.82, 2.24) is 24.9 Å². The molecule has 0 amide bonds. The van der Waals surface area contributed by atoms with Crippen LogP contribution in [0.15, 0.2) is 156 Å². The number of hydrogen-bond acceptors (Lipinski definition) is 6. The van der Waals surface area contributed by atoms with E-state index in [2.05, 4.69) is 64.6 Å². The monoisotopic (exact) mass is 603 g/mol. The van der Waals surface area contributed by atoms with E-state index in [0.29, 0.717) is 23.1 Å². The van der Waals surface area contributed by atoms with E-state index in [-0.39, 0.29) is 0 Å². The first-order valence-electron chi connectivity index (χ1n) is 15.4. The topological polar surface area (TPSA) is 77.6 Å². The van der Waals surface area contributed by atoms with E-state index in [1.54, 1.807) is 6.33 Å². The first-order chi connectivity index (χ1) is 23.3. The van der Waals surface area contributed by atoms with Gasteiger partial charge in [-0.1, -0.05) is 140 Å². The van der Waals surface area contributed by atoms with Gasteiger partial charge in [-0.2, -0.15) is 0 Å². The first-order valence-corrected chi connectivity index (χ1v) is 15.4. The SMILES string of the molecule is c1ccc(-c2ccc(-c3nc(-c4ccccc4)nc(-c4ccc(-c5ncnc6c5oc5ccc7ccccc7c56)cc4)n3)cc2)cc1. The summed E-state index contributed by atoms with van der Waals surface area (Å²) in [4.78, 5) is 24.0. The summed E-state index contributed by atoms with van der Waals surface area (Å²) in [5.41, 5.74) is 8.93. The Hall–Kier alpha value is -6.53.